The van der Waals surface area contributed by atoms with Gasteiger partial charge in [-0.15, -0.1) is 0 Å². The highest BCUT2D eigenvalue weighted by molar-refractivity contribution is 5.94. The maximum Gasteiger partial charge on any atom is 0.390 e. The summed E-state index contributed by atoms with van der Waals surface area (Å²) in [5.41, 5.74) is 1.92. The predicted octanol–water partition coefficient (Wildman–Crippen LogP) is 3.11. The lowest BCUT2D eigenvalue weighted by Gasteiger charge is -2.17. The summed E-state index contributed by atoms with van der Waals surface area (Å²) in [7, 11) is 0. The second kappa shape index (κ2) is 7.91. The molecule has 1 aliphatic heterocycles. The lowest BCUT2D eigenvalue weighted by molar-refractivity contribution is -0.133. The van der Waals surface area contributed by atoms with Crippen LogP contribution in [0.1, 0.15) is 28.0 Å². The predicted molar refractivity (Wildman–Crippen MR) is 93.8 cm³/mol. The number of rotatable bonds is 6. The van der Waals surface area contributed by atoms with Crippen molar-refractivity contribution >= 4 is 18.0 Å². The molecule has 1 aromatic heterocycles. The van der Waals surface area contributed by atoms with Gasteiger partial charge in [0.1, 0.15) is 6.26 Å². The van der Waals surface area contributed by atoms with Crippen molar-refractivity contribution in [2.45, 2.75) is 26.1 Å². The third-order valence-electron chi connectivity index (χ3n) is 4.37. The van der Waals surface area contributed by atoms with E-state index in [0.29, 0.717) is 19.6 Å². The molecule has 0 atom stereocenters. The Hall–Kier alpha value is -3.04. The largest absolute Gasteiger partial charge is 0.431 e. The van der Waals surface area contributed by atoms with E-state index >= 15 is 0 Å². The molecule has 3 amide bonds. The summed E-state index contributed by atoms with van der Waals surface area (Å²) in [4.78, 5) is 31.3. The summed E-state index contributed by atoms with van der Waals surface area (Å²) >= 11 is 0. The normalized spacial score (nSPS) is 14.6. The van der Waals surface area contributed by atoms with Crippen LogP contribution >= 0.6 is 0 Å². The summed E-state index contributed by atoms with van der Waals surface area (Å²) in [6, 6.07) is 7.36. The topological polar surface area (TPSA) is 78.7 Å². The van der Waals surface area contributed by atoms with E-state index < -0.39 is 25.0 Å². The van der Waals surface area contributed by atoms with Crippen molar-refractivity contribution < 1.29 is 27.2 Å². The van der Waals surface area contributed by atoms with Crippen molar-refractivity contribution in [2.24, 2.45) is 0 Å². The quantitative estimate of drug-likeness (QED) is 0.814. The summed E-state index contributed by atoms with van der Waals surface area (Å²) in [6.07, 6.45) is -4.47. The van der Waals surface area contributed by atoms with Crippen LogP contribution in [0.2, 0.25) is 0 Å². The number of aromatic nitrogens is 1. The number of halogens is 3. The molecule has 7 nitrogen and oxygen atoms in total. The average molecular weight is 396 g/mol. The van der Waals surface area contributed by atoms with Crippen LogP contribution in [0, 0.1) is 6.92 Å². The molecule has 1 aromatic carbocycles. The number of benzene rings is 1. The van der Waals surface area contributed by atoms with Gasteiger partial charge in [0.25, 0.3) is 5.91 Å². The molecule has 3 rings (SSSR count). The van der Waals surface area contributed by atoms with Crippen LogP contribution in [0.4, 0.5) is 24.0 Å². The molecule has 0 aliphatic carbocycles. The number of oxazole rings is 1. The number of carbonyl (C=O) groups is 2. The second-order valence-corrected chi connectivity index (χ2v) is 6.42. The first-order valence-corrected chi connectivity index (χ1v) is 8.66. The van der Waals surface area contributed by atoms with Gasteiger partial charge in [0.15, 0.2) is 5.69 Å². The van der Waals surface area contributed by atoms with Crippen LogP contribution in [0.15, 0.2) is 34.9 Å². The van der Waals surface area contributed by atoms with Crippen LogP contribution in [0.5, 0.6) is 0 Å². The molecule has 1 saturated heterocycles. The van der Waals surface area contributed by atoms with Gasteiger partial charge in [0, 0.05) is 26.2 Å². The van der Waals surface area contributed by atoms with E-state index in [1.807, 2.05) is 31.2 Å². The molecule has 0 saturated carbocycles. The number of nitrogens with zero attached hydrogens (tertiary/aromatic N) is 3. The first-order valence-electron chi connectivity index (χ1n) is 8.66. The fraction of sp³-hybridized carbons (Fsp3) is 0.389. The molecule has 2 heterocycles. The van der Waals surface area contributed by atoms with Gasteiger partial charge < -0.3 is 14.6 Å². The molecule has 1 fully saturated rings. The number of urea groups is 1. The number of amides is 3. The standard InChI is InChI=1S/C18H19F3N4O3/c1-12-4-2-3-5-13(12)10-24-8-9-25(17(24)27)16-23-14(11-28-16)15(26)22-7-6-18(19,20)21/h2-5,11H,6-10H2,1H3,(H,22,26). The van der Waals surface area contributed by atoms with Crippen LogP contribution in [0.3, 0.4) is 0 Å². The minimum absolute atomic E-state index is 0.0572. The highest BCUT2D eigenvalue weighted by Gasteiger charge is 2.33. The maximum atomic E-state index is 12.6. The molecular weight excluding hydrogens is 377 g/mol. The molecule has 28 heavy (non-hydrogen) atoms. The third kappa shape index (κ3) is 4.62. The van der Waals surface area contributed by atoms with E-state index in [1.165, 1.54) is 4.90 Å². The number of alkyl halides is 3. The van der Waals surface area contributed by atoms with Gasteiger partial charge >= 0.3 is 18.2 Å². The highest BCUT2D eigenvalue weighted by atomic mass is 19.4. The molecule has 0 radical (unpaired) electrons. The first-order chi connectivity index (χ1) is 13.2. The number of hydrogen-bond acceptors (Lipinski definition) is 4. The zero-order valence-electron chi connectivity index (χ0n) is 15.1. The zero-order valence-corrected chi connectivity index (χ0v) is 15.1. The van der Waals surface area contributed by atoms with Gasteiger partial charge in [0.2, 0.25) is 0 Å². The minimum atomic E-state index is -4.36. The SMILES string of the molecule is Cc1ccccc1CN1CCN(c2nc(C(=O)NCCC(F)(F)F)co2)C1=O. The fourth-order valence-electron chi connectivity index (χ4n) is 2.80. The van der Waals surface area contributed by atoms with Crippen molar-refractivity contribution in [3.63, 3.8) is 0 Å². The monoisotopic (exact) mass is 396 g/mol. The Labute approximate surface area is 159 Å². The number of carbonyl (C=O) groups excluding carboxylic acids is 2. The highest BCUT2D eigenvalue weighted by Crippen LogP contribution is 2.22. The molecule has 10 heteroatoms. The number of aryl methyl sites for hydroxylation is 1. The summed E-state index contributed by atoms with van der Waals surface area (Å²) < 4.78 is 41.6. The van der Waals surface area contributed by atoms with Crippen molar-refractivity contribution in [1.29, 1.82) is 0 Å². The van der Waals surface area contributed by atoms with Crippen LogP contribution in [-0.2, 0) is 6.54 Å². The van der Waals surface area contributed by atoms with Crippen molar-refractivity contribution in [2.75, 3.05) is 24.5 Å². The summed E-state index contributed by atoms with van der Waals surface area (Å²) in [5, 5.41) is 2.12. The number of nitrogens with one attached hydrogen (secondary N) is 1. The molecule has 0 spiro atoms. The third-order valence-corrected chi connectivity index (χ3v) is 4.37. The molecule has 1 N–H and O–H groups in total. The number of anilines is 1. The van der Waals surface area contributed by atoms with Crippen LogP contribution < -0.4 is 10.2 Å². The van der Waals surface area contributed by atoms with E-state index in [9.17, 15) is 22.8 Å². The summed E-state index contributed by atoms with van der Waals surface area (Å²) in [6.45, 7) is 2.64. The Morgan fingerprint density at radius 1 is 1.29 bits per heavy atom. The van der Waals surface area contributed by atoms with Crippen molar-refractivity contribution in [1.82, 2.24) is 15.2 Å². The van der Waals surface area contributed by atoms with Gasteiger partial charge in [0.05, 0.1) is 6.42 Å². The van der Waals surface area contributed by atoms with E-state index in [4.69, 9.17) is 4.42 Å². The van der Waals surface area contributed by atoms with Crippen molar-refractivity contribution in [3.05, 3.63) is 47.3 Å². The minimum Gasteiger partial charge on any atom is -0.431 e. The lowest BCUT2D eigenvalue weighted by Crippen LogP contribution is -2.32. The summed E-state index contributed by atoms with van der Waals surface area (Å²) in [5.74, 6) is -0.789. The van der Waals surface area contributed by atoms with Gasteiger partial charge in [-0.25, -0.2) is 9.69 Å². The molecule has 1 aliphatic rings. The molecule has 150 valence electrons. The van der Waals surface area contributed by atoms with E-state index in [0.717, 1.165) is 17.4 Å². The lowest BCUT2D eigenvalue weighted by atomic mass is 10.1. The Bertz CT molecular complexity index is 866. The Kier molecular flexibility index (Phi) is 5.57. The van der Waals surface area contributed by atoms with Gasteiger partial charge in [-0.3, -0.25) is 4.79 Å². The fourth-order valence-corrected chi connectivity index (χ4v) is 2.80. The van der Waals surface area contributed by atoms with Gasteiger partial charge in [-0.05, 0) is 18.1 Å². The number of hydrogen-bond donors (Lipinski definition) is 1. The van der Waals surface area contributed by atoms with E-state index in [-0.39, 0.29) is 17.7 Å². The van der Waals surface area contributed by atoms with Crippen molar-refractivity contribution in [3.8, 4) is 0 Å². The average Bonchev–Trinajstić information content (AvgIpc) is 3.23. The molecule has 0 bridgehead atoms. The maximum absolute atomic E-state index is 12.6. The molecule has 0 unspecified atom stereocenters. The smallest absolute Gasteiger partial charge is 0.390 e. The second-order valence-electron chi connectivity index (χ2n) is 6.42. The van der Waals surface area contributed by atoms with Gasteiger partial charge in [-0.2, -0.15) is 18.2 Å². The van der Waals surface area contributed by atoms with Crippen LogP contribution in [-0.4, -0.2) is 47.6 Å². The Morgan fingerprint density at radius 3 is 2.75 bits per heavy atom. The Balaban J connectivity index is 1.60. The van der Waals surface area contributed by atoms with E-state index in [1.54, 1.807) is 4.90 Å². The Morgan fingerprint density at radius 2 is 2.04 bits per heavy atom. The van der Waals surface area contributed by atoms with Gasteiger partial charge in [-0.1, -0.05) is 24.3 Å². The molecular formula is C18H19F3N4O3. The van der Waals surface area contributed by atoms with E-state index in [2.05, 4.69) is 10.3 Å². The van der Waals surface area contributed by atoms with Crippen LogP contribution in [0.25, 0.3) is 0 Å². The first kappa shape index (κ1) is 19.7. The zero-order chi connectivity index (χ0) is 20.3. The molecule has 2 aromatic rings.